The molecular formula is C22H34N4O4S2. The Kier molecular flexibility index (Phi) is 11.8. The molecule has 0 bridgehead atoms. The van der Waals surface area contributed by atoms with Gasteiger partial charge in [-0.25, -0.2) is 17.9 Å². The molecule has 1 aromatic carbocycles. The minimum Gasteiger partial charge on any atom is -0.472 e. The van der Waals surface area contributed by atoms with Crippen molar-refractivity contribution in [2.24, 2.45) is 5.73 Å². The third kappa shape index (κ3) is 8.88. The van der Waals surface area contributed by atoms with E-state index in [4.69, 9.17) is 22.4 Å². The van der Waals surface area contributed by atoms with Crippen LogP contribution in [0.2, 0.25) is 0 Å². The Balaban J connectivity index is 0.000000433. The molecule has 1 aromatic heterocycles. The molecule has 0 saturated carbocycles. The molecule has 0 saturated heterocycles. The van der Waals surface area contributed by atoms with Crippen molar-refractivity contribution in [3.63, 3.8) is 0 Å². The summed E-state index contributed by atoms with van der Waals surface area (Å²) >= 11 is 4.88. The summed E-state index contributed by atoms with van der Waals surface area (Å²) in [4.78, 5) is 10.9. The normalized spacial score (nSPS) is 11.6. The number of unbranched alkanes of at least 4 members (excludes halogenated alkanes) is 2. The monoisotopic (exact) mass is 482 g/mol. The first-order chi connectivity index (χ1) is 15.2. The maximum Gasteiger partial charge on any atom is 0.326 e. The van der Waals surface area contributed by atoms with E-state index in [-0.39, 0.29) is 10.8 Å². The van der Waals surface area contributed by atoms with Crippen LogP contribution < -0.4 is 21.1 Å². The van der Waals surface area contributed by atoms with Crippen LogP contribution in [-0.2, 0) is 10.0 Å². The second-order valence-electron chi connectivity index (χ2n) is 7.23. The molecule has 2 rings (SSSR count). The minimum atomic E-state index is -3.97. The molecule has 0 spiro atoms. The summed E-state index contributed by atoms with van der Waals surface area (Å²) in [6.45, 7) is 6.86. The summed E-state index contributed by atoms with van der Waals surface area (Å²) in [5.74, 6) is 0.0156. The maximum atomic E-state index is 12.2. The molecule has 2 amide bonds. The number of hydrogen-bond acceptors (Lipinski definition) is 5. The number of primary amides is 1. The standard InChI is InChI=1S/C15H18N2O4S.C7H16N2S/c1-3-13(12-6-7-21-9-12)11-5-4-10(2)14(8-11)22(19,20)17-15(16)18;1-3-4-5-6-9-7(10)8-2/h4-9,13H,3H2,1-2H3,(H3,16,17,18);3-6H2,1-2H3,(H2,8,9,10). The van der Waals surface area contributed by atoms with Crippen LogP contribution in [-0.4, -0.2) is 33.2 Å². The van der Waals surface area contributed by atoms with E-state index in [1.807, 2.05) is 26.1 Å². The van der Waals surface area contributed by atoms with Crippen molar-refractivity contribution in [1.29, 1.82) is 0 Å². The molecule has 1 heterocycles. The predicted octanol–water partition coefficient (Wildman–Crippen LogP) is 3.76. The largest absolute Gasteiger partial charge is 0.472 e. The molecule has 0 aliphatic heterocycles. The van der Waals surface area contributed by atoms with Crippen molar-refractivity contribution in [3.05, 3.63) is 53.5 Å². The van der Waals surface area contributed by atoms with Crippen LogP contribution in [0.4, 0.5) is 4.79 Å². The summed E-state index contributed by atoms with van der Waals surface area (Å²) in [5, 5.41) is 6.70. The smallest absolute Gasteiger partial charge is 0.326 e. The summed E-state index contributed by atoms with van der Waals surface area (Å²) < 4.78 is 31.3. The number of amides is 2. The number of nitrogens with two attached hydrogens (primary N) is 1. The average Bonchev–Trinajstić information content (AvgIpc) is 3.26. The zero-order valence-corrected chi connectivity index (χ0v) is 20.7. The van der Waals surface area contributed by atoms with Crippen LogP contribution in [0.1, 0.15) is 62.1 Å². The second-order valence-corrected chi connectivity index (χ2v) is 9.28. The van der Waals surface area contributed by atoms with E-state index in [0.717, 1.165) is 29.2 Å². The number of aryl methyl sites for hydroxylation is 1. The van der Waals surface area contributed by atoms with Gasteiger partial charge in [-0.3, -0.25) is 0 Å². The zero-order chi connectivity index (χ0) is 24.1. The van der Waals surface area contributed by atoms with Gasteiger partial charge in [0.1, 0.15) is 0 Å². The van der Waals surface area contributed by atoms with E-state index in [2.05, 4.69) is 17.6 Å². The van der Waals surface area contributed by atoms with Gasteiger partial charge in [0.2, 0.25) is 0 Å². The summed E-state index contributed by atoms with van der Waals surface area (Å²) in [7, 11) is -2.14. The Hall–Kier alpha value is -2.59. The van der Waals surface area contributed by atoms with Crippen LogP contribution in [0, 0.1) is 6.92 Å². The number of thiocarbonyl (C=S) groups is 1. The molecule has 5 N–H and O–H groups in total. The van der Waals surface area contributed by atoms with Gasteiger partial charge in [-0.1, -0.05) is 38.8 Å². The highest BCUT2D eigenvalue weighted by Crippen LogP contribution is 2.30. The highest BCUT2D eigenvalue weighted by Gasteiger charge is 2.21. The first-order valence-electron chi connectivity index (χ1n) is 10.6. The molecule has 0 fully saturated rings. The Morgan fingerprint density at radius 1 is 1.19 bits per heavy atom. The van der Waals surface area contributed by atoms with Crippen molar-refractivity contribution in [1.82, 2.24) is 15.4 Å². The molecule has 10 heteroatoms. The van der Waals surface area contributed by atoms with Crippen LogP contribution >= 0.6 is 12.2 Å². The lowest BCUT2D eigenvalue weighted by Crippen LogP contribution is -2.35. The van der Waals surface area contributed by atoms with Crippen LogP contribution in [0.3, 0.4) is 0 Å². The van der Waals surface area contributed by atoms with E-state index in [0.29, 0.717) is 5.56 Å². The predicted molar refractivity (Wildman–Crippen MR) is 131 cm³/mol. The van der Waals surface area contributed by atoms with Crippen molar-refractivity contribution >= 4 is 33.4 Å². The van der Waals surface area contributed by atoms with Crippen molar-refractivity contribution < 1.29 is 17.6 Å². The molecule has 2 aromatic rings. The molecule has 8 nitrogen and oxygen atoms in total. The number of carbonyl (C=O) groups is 1. The van der Waals surface area contributed by atoms with Gasteiger partial charge in [0.15, 0.2) is 5.11 Å². The molecule has 32 heavy (non-hydrogen) atoms. The zero-order valence-electron chi connectivity index (χ0n) is 19.1. The van der Waals surface area contributed by atoms with Crippen molar-refractivity contribution in [3.8, 4) is 0 Å². The fraction of sp³-hybridized carbons (Fsp3) is 0.455. The SMILES string of the molecule is CCC(c1ccoc1)c1ccc(C)c(S(=O)(=O)NC(N)=O)c1.CCCCCNC(=S)NC. The second kappa shape index (κ2) is 13.7. The number of benzene rings is 1. The molecular weight excluding hydrogens is 448 g/mol. The van der Waals surface area contributed by atoms with Gasteiger partial charge in [0, 0.05) is 19.5 Å². The topological polar surface area (TPSA) is 126 Å². The lowest BCUT2D eigenvalue weighted by molar-refractivity contribution is 0.253. The Labute approximate surface area is 196 Å². The van der Waals surface area contributed by atoms with Gasteiger partial charge in [0.05, 0.1) is 17.4 Å². The summed E-state index contributed by atoms with van der Waals surface area (Å²) in [6, 6.07) is 5.91. The van der Waals surface area contributed by atoms with Crippen LogP contribution in [0.5, 0.6) is 0 Å². The Bertz CT molecular complexity index is 960. The molecule has 1 atom stereocenters. The van der Waals surface area contributed by atoms with E-state index >= 15 is 0 Å². The Morgan fingerprint density at radius 2 is 1.91 bits per heavy atom. The van der Waals surface area contributed by atoms with Crippen LogP contribution in [0.25, 0.3) is 0 Å². The number of sulfonamides is 1. The lowest BCUT2D eigenvalue weighted by Gasteiger charge is -2.16. The number of rotatable bonds is 9. The van der Waals surface area contributed by atoms with Gasteiger partial charge in [-0.05, 0) is 60.8 Å². The Morgan fingerprint density at radius 3 is 2.44 bits per heavy atom. The van der Waals surface area contributed by atoms with E-state index in [1.165, 1.54) is 19.3 Å². The van der Waals surface area contributed by atoms with Crippen molar-refractivity contribution in [2.75, 3.05) is 13.6 Å². The van der Waals surface area contributed by atoms with Gasteiger partial charge in [0.25, 0.3) is 10.0 Å². The molecule has 1 unspecified atom stereocenters. The van der Waals surface area contributed by atoms with Crippen molar-refractivity contribution in [2.45, 2.75) is 57.3 Å². The number of hydrogen-bond donors (Lipinski definition) is 4. The summed E-state index contributed by atoms with van der Waals surface area (Å²) in [6.07, 6.45) is 7.75. The third-order valence-corrected chi connectivity index (χ3v) is 6.62. The number of urea groups is 1. The fourth-order valence-corrected chi connectivity index (χ4v) is 4.37. The van der Waals surface area contributed by atoms with E-state index < -0.39 is 16.1 Å². The van der Waals surface area contributed by atoms with E-state index in [9.17, 15) is 13.2 Å². The fourth-order valence-electron chi connectivity index (χ4n) is 3.11. The van der Waals surface area contributed by atoms with Gasteiger partial charge >= 0.3 is 6.03 Å². The molecule has 0 radical (unpaired) electrons. The average molecular weight is 483 g/mol. The maximum absolute atomic E-state index is 12.2. The highest BCUT2D eigenvalue weighted by atomic mass is 32.2. The lowest BCUT2D eigenvalue weighted by atomic mass is 9.90. The molecule has 178 valence electrons. The highest BCUT2D eigenvalue weighted by molar-refractivity contribution is 7.90. The van der Waals surface area contributed by atoms with E-state index in [1.54, 1.807) is 36.3 Å². The number of carbonyl (C=O) groups excluding carboxylic acids is 1. The number of furan rings is 1. The van der Waals surface area contributed by atoms with Gasteiger partial charge in [-0.15, -0.1) is 0 Å². The molecule has 0 aliphatic rings. The minimum absolute atomic E-state index is 0.0156. The first kappa shape index (κ1) is 27.4. The summed E-state index contributed by atoms with van der Waals surface area (Å²) in [5.41, 5.74) is 7.27. The quantitative estimate of drug-likeness (QED) is 0.317. The van der Waals surface area contributed by atoms with Crippen LogP contribution in [0.15, 0.2) is 46.1 Å². The first-order valence-corrected chi connectivity index (χ1v) is 12.5. The van der Waals surface area contributed by atoms with Gasteiger partial charge < -0.3 is 20.8 Å². The van der Waals surface area contributed by atoms with Gasteiger partial charge in [-0.2, -0.15) is 0 Å². The third-order valence-electron chi connectivity index (χ3n) is 4.79. The number of nitrogens with one attached hydrogen (secondary N) is 3. The molecule has 0 aliphatic carbocycles.